The molecule has 3 aromatic carbocycles. The highest BCUT2D eigenvalue weighted by Crippen LogP contribution is 2.36. The Morgan fingerprint density at radius 2 is 1.26 bits per heavy atom. The van der Waals surface area contributed by atoms with Crippen molar-refractivity contribution in [3.63, 3.8) is 0 Å². The molecule has 0 radical (unpaired) electrons. The molecule has 0 spiro atoms. The third-order valence-electron chi connectivity index (χ3n) is 5.84. The lowest BCUT2D eigenvalue weighted by atomic mass is 9.95. The van der Waals surface area contributed by atoms with Gasteiger partial charge in [-0.15, -0.1) is 11.3 Å². The second-order valence-electron chi connectivity index (χ2n) is 8.42. The first kappa shape index (κ1) is 19.7. The Labute approximate surface area is 188 Å². The number of hydrogen-bond donors (Lipinski definition) is 0. The number of rotatable bonds is 3. The first-order chi connectivity index (χ1) is 15.0. The van der Waals surface area contributed by atoms with Crippen molar-refractivity contribution in [2.45, 2.75) is 27.7 Å². The molecule has 152 valence electrons. The number of thiophene rings is 1. The van der Waals surface area contributed by atoms with Crippen molar-refractivity contribution in [3.05, 3.63) is 101 Å². The van der Waals surface area contributed by atoms with E-state index in [4.69, 9.17) is 4.98 Å². The average molecular weight is 420 g/mol. The summed E-state index contributed by atoms with van der Waals surface area (Å²) in [5.41, 5.74) is 11.3. The number of aromatic nitrogens is 1. The summed E-state index contributed by atoms with van der Waals surface area (Å²) >= 11 is 1.76. The molecule has 5 rings (SSSR count). The summed E-state index contributed by atoms with van der Waals surface area (Å²) in [7, 11) is 0. The smallest absolute Gasteiger partial charge is 0.124 e. The third kappa shape index (κ3) is 3.80. The Kier molecular flexibility index (Phi) is 4.95. The van der Waals surface area contributed by atoms with Gasteiger partial charge in [-0.2, -0.15) is 0 Å². The number of aryl methyl sites for hydroxylation is 4. The summed E-state index contributed by atoms with van der Waals surface area (Å²) < 4.78 is 0. The lowest BCUT2D eigenvalue weighted by Gasteiger charge is -2.10. The molecule has 1 nitrogen and oxygen atoms in total. The number of pyridine rings is 1. The van der Waals surface area contributed by atoms with Gasteiger partial charge in [0.25, 0.3) is 0 Å². The van der Waals surface area contributed by atoms with Crippen molar-refractivity contribution in [2.75, 3.05) is 0 Å². The van der Waals surface area contributed by atoms with Gasteiger partial charge in [0.05, 0.1) is 5.69 Å². The van der Waals surface area contributed by atoms with Crippen LogP contribution in [0.25, 0.3) is 43.0 Å². The van der Waals surface area contributed by atoms with E-state index < -0.39 is 0 Å². The van der Waals surface area contributed by atoms with E-state index >= 15 is 0 Å². The number of benzene rings is 3. The van der Waals surface area contributed by atoms with E-state index in [0.717, 1.165) is 10.5 Å². The molecule has 0 saturated heterocycles. The zero-order chi connectivity index (χ0) is 21.5. The van der Waals surface area contributed by atoms with Crippen molar-refractivity contribution in [2.24, 2.45) is 0 Å². The fourth-order valence-corrected chi connectivity index (χ4v) is 5.45. The van der Waals surface area contributed by atoms with Crippen LogP contribution in [-0.2, 0) is 0 Å². The van der Waals surface area contributed by atoms with E-state index in [1.54, 1.807) is 11.3 Å². The van der Waals surface area contributed by atoms with Gasteiger partial charge in [-0.05, 0) is 85.8 Å². The highest BCUT2D eigenvalue weighted by atomic mass is 32.1. The topological polar surface area (TPSA) is 12.9 Å². The van der Waals surface area contributed by atoms with Crippen LogP contribution in [0.3, 0.4) is 0 Å². The highest BCUT2D eigenvalue weighted by Gasteiger charge is 2.10. The number of fused-ring (bicyclic) bond motifs is 1. The predicted octanol–water partition coefficient (Wildman–Crippen LogP) is 8.53. The molecule has 2 heterocycles. The van der Waals surface area contributed by atoms with Gasteiger partial charge in [0.15, 0.2) is 0 Å². The van der Waals surface area contributed by atoms with Crippen molar-refractivity contribution in [1.82, 2.24) is 4.98 Å². The minimum atomic E-state index is 1.04. The minimum Gasteiger partial charge on any atom is -0.237 e. The predicted molar refractivity (Wildman–Crippen MR) is 135 cm³/mol. The molecule has 0 unspecified atom stereocenters. The molecule has 0 atom stereocenters. The normalized spacial score (nSPS) is 11.2. The van der Waals surface area contributed by atoms with Gasteiger partial charge in [0.1, 0.15) is 4.83 Å². The average Bonchev–Trinajstić information content (AvgIpc) is 3.17. The van der Waals surface area contributed by atoms with E-state index in [9.17, 15) is 0 Å². The van der Waals surface area contributed by atoms with Gasteiger partial charge in [-0.3, -0.25) is 0 Å². The van der Waals surface area contributed by atoms with Crippen LogP contribution in [0.4, 0.5) is 0 Å². The molecule has 2 aromatic heterocycles. The molecule has 0 N–H and O–H groups in total. The Morgan fingerprint density at radius 3 is 1.94 bits per heavy atom. The Balaban J connectivity index is 1.51. The van der Waals surface area contributed by atoms with Gasteiger partial charge in [-0.1, -0.05) is 59.7 Å². The van der Waals surface area contributed by atoms with Gasteiger partial charge in [0.2, 0.25) is 0 Å². The lowest BCUT2D eigenvalue weighted by molar-refractivity contribution is 1.35. The Hall–Kier alpha value is -3.23. The zero-order valence-electron chi connectivity index (χ0n) is 18.4. The Morgan fingerprint density at radius 1 is 0.613 bits per heavy atom. The quantitative estimate of drug-likeness (QED) is 0.285. The molecule has 31 heavy (non-hydrogen) atoms. The largest absolute Gasteiger partial charge is 0.237 e. The molecule has 0 amide bonds. The summed E-state index contributed by atoms with van der Waals surface area (Å²) in [4.78, 5) is 7.33. The van der Waals surface area contributed by atoms with Crippen LogP contribution in [-0.4, -0.2) is 4.98 Å². The molecule has 0 saturated carbocycles. The molecule has 0 aliphatic heterocycles. The molecule has 0 aliphatic rings. The summed E-state index contributed by atoms with van der Waals surface area (Å²) in [6, 6.07) is 28.6. The SMILES string of the molecule is Cc1cc(C)cc(-c2ccc3cc(-c4ccc(-c5c(C)cccc5C)cc4)sc3n2)c1. The van der Waals surface area contributed by atoms with Gasteiger partial charge in [-0.25, -0.2) is 4.98 Å². The van der Waals surface area contributed by atoms with Crippen molar-refractivity contribution < 1.29 is 0 Å². The van der Waals surface area contributed by atoms with Gasteiger partial charge in [0, 0.05) is 15.8 Å². The van der Waals surface area contributed by atoms with Crippen molar-refractivity contribution >= 4 is 21.6 Å². The maximum absolute atomic E-state index is 4.98. The zero-order valence-corrected chi connectivity index (χ0v) is 19.2. The minimum absolute atomic E-state index is 1.04. The van der Waals surface area contributed by atoms with Crippen LogP contribution >= 0.6 is 11.3 Å². The molecule has 0 bridgehead atoms. The fraction of sp³-hybridized carbons (Fsp3) is 0.138. The fourth-order valence-electron chi connectivity index (χ4n) is 4.41. The lowest BCUT2D eigenvalue weighted by Crippen LogP contribution is -1.87. The highest BCUT2D eigenvalue weighted by molar-refractivity contribution is 7.21. The van der Waals surface area contributed by atoms with Gasteiger partial charge < -0.3 is 0 Å². The molecule has 0 aliphatic carbocycles. The molecule has 2 heteroatoms. The van der Waals surface area contributed by atoms with Crippen LogP contribution in [0.2, 0.25) is 0 Å². The van der Waals surface area contributed by atoms with E-state index in [2.05, 4.69) is 107 Å². The van der Waals surface area contributed by atoms with Crippen molar-refractivity contribution in [1.29, 1.82) is 0 Å². The maximum atomic E-state index is 4.98. The van der Waals surface area contributed by atoms with Crippen LogP contribution in [0, 0.1) is 27.7 Å². The second kappa shape index (κ2) is 7.79. The molecule has 5 aromatic rings. The van der Waals surface area contributed by atoms with Crippen LogP contribution in [0.1, 0.15) is 22.3 Å². The van der Waals surface area contributed by atoms with Crippen LogP contribution in [0.15, 0.2) is 78.9 Å². The maximum Gasteiger partial charge on any atom is 0.124 e. The second-order valence-corrected chi connectivity index (χ2v) is 9.45. The summed E-state index contributed by atoms with van der Waals surface area (Å²) in [5.74, 6) is 0. The monoisotopic (exact) mass is 419 g/mol. The van der Waals surface area contributed by atoms with E-state index in [-0.39, 0.29) is 0 Å². The summed E-state index contributed by atoms with van der Waals surface area (Å²) in [6.45, 7) is 8.64. The summed E-state index contributed by atoms with van der Waals surface area (Å²) in [6.07, 6.45) is 0. The van der Waals surface area contributed by atoms with E-state index in [1.165, 1.54) is 54.8 Å². The van der Waals surface area contributed by atoms with Crippen molar-refractivity contribution in [3.8, 4) is 32.8 Å². The third-order valence-corrected chi connectivity index (χ3v) is 6.93. The summed E-state index contributed by atoms with van der Waals surface area (Å²) in [5, 5.41) is 1.20. The first-order valence-corrected chi connectivity index (χ1v) is 11.5. The number of hydrogen-bond acceptors (Lipinski definition) is 2. The Bertz CT molecular complexity index is 1370. The van der Waals surface area contributed by atoms with Gasteiger partial charge >= 0.3 is 0 Å². The van der Waals surface area contributed by atoms with Crippen LogP contribution in [0.5, 0.6) is 0 Å². The molecule has 0 fully saturated rings. The van der Waals surface area contributed by atoms with Crippen LogP contribution < -0.4 is 0 Å². The van der Waals surface area contributed by atoms with E-state index in [0.29, 0.717) is 0 Å². The molecular weight excluding hydrogens is 394 g/mol. The molecular formula is C29H25NS. The standard InChI is InChI=1S/C29H25NS/c1-18-14-19(2)16-25(15-18)26-13-12-24-17-27(31-29(24)30-26)22-8-10-23(11-9-22)28-20(3)6-5-7-21(28)4/h5-17H,1-4H3. The first-order valence-electron chi connectivity index (χ1n) is 10.6. The van der Waals surface area contributed by atoms with E-state index in [1.807, 2.05) is 0 Å². The number of nitrogens with zero attached hydrogens (tertiary/aromatic N) is 1.